The molecule has 0 unspecified atom stereocenters. The third-order valence-electron chi connectivity index (χ3n) is 6.13. The maximum Gasteiger partial charge on any atom is 0.306 e. The van der Waals surface area contributed by atoms with E-state index in [0.29, 0.717) is 34.4 Å². The molecule has 1 amide bonds. The van der Waals surface area contributed by atoms with Crippen molar-refractivity contribution in [1.29, 1.82) is 0 Å². The highest BCUT2D eigenvalue weighted by Crippen LogP contribution is 2.46. The van der Waals surface area contributed by atoms with Crippen LogP contribution in [0.2, 0.25) is 0 Å². The van der Waals surface area contributed by atoms with Crippen molar-refractivity contribution in [2.45, 2.75) is 51.6 Å². The minimum Gasteiger partial charge on any atom is -0.463 e. The number of rotatable bonds is 10. The van der Waals surface area contributed by atoms with Crippen molar-refractivity contribution in [2.24, 2.45) is 0 Å². The molecule has 3 aromatic rings. The van der Waals surface area contributed by atoms with Crippen LogP contribution in [0.1, 0.15) is 61.5 Å². The van der Waals surface area contributed by atoms with Crippen LogP contribution < -0.4 is 9.62 Å². The van der Waals surface area contributed by atoms with Gasteiger partial charge in [0.05, 0.1) is 29.3 Å². The molecule has 1 aliphatic rings. The lowest BCUT2D eigenvalue weighted by molar-refractivity contribution is -0.147. The van der Waals surface area contributed by atoms with Crippen molar-refractivity contribution in [3.8, 4) is 5.69 Å². The molecule has 0 saturated heterocycles. The number of sulfonamides is 1. The lowest BCUT2D eigenvalue weighted by Gasteiger charge is -2.25. The lowest BCUT2D eigenvalue weighted by Crippen LogP contribution is -2.32. The van der Waals surface area contributed by atoms with E-state index >= 15 is 0 Å². The number of hydrogen-bond acceptors (Lipinski definition) is 6. The van der Waals surface area contributed by atoms with Crippen LogP contribution in [0.3, 0.4) is 0 Å². The number of esters is 1. The fraction of sp³-hybridized carbons (Fsp3) is 0.423. The van der Waals surface area contributed by atoms with Crippen LogP contribution in [0.15, 0.2) is 40.9 Å². The molecule has 0 spiro atoms. The average molecular weight is 592 g/mol. The Morgan fingerprint density at radius 1 is 1.22 bits per heavy atom. The van der Waals surface area contributed by atoms with Crippen LogP contribution in [0, 0.1) is 0 Å². The van der Waals surface area contributed by atoms with Crippen molar-refractivity contribution < 1.29 is 22.7 Å². The Morgan fingerprint density at radius 3 is 2.46 bits per heavy atom. The summed E-state index contributed by atoms with van der Waals surface area (Å²) in [6, 6.07) is 11.1. The Morgan fingerprint density at radius 2 is 1.89 bits per heavy atom. The maximum atomic E-state index is 13.0. The molecule has 0 bridgehead atoms. The molecule has 2 aromatic carbocycles. The van der Waals surface area contributed by atoms with Crippen molar-refractivity contribution in [3.05, 3.63) is 52.1 Å². The third kappa shape index (κ3) is 6.15. The van der Waals surface area contributed by atoms with Crippen LogP contribution in [0.25, 0.3) is 16.6 Å². The summed E-state index contributed by atoms with van der Waals surface area (Å²) in [4.78, 5) is 25.0. The third-order valence-corrected chi connectivity index (χ3v) is 7.84. The second-order valence-electron chi connectivity index (χ2n) is 9.50. The predicted molar refractivity (Wildman–Crippen MR) is 147 cm³/mol. The average Bonchev–Trinajstić information content (AvgIpc) is 3.60. The SMILES string of the molecule is CNC(=O)c1c2cc(C3CC3)c(N(CCCC(=O)OC(C)C)S(C)(=O)=O)cc2nn1-c1ccc(Br)cc1. The molecular weight excluding hydrogens is 560 g/mol. The van der Waals surface area contributed by atoms with Crippen molar-refractivity contribution in [3.63, 3.8) is 0 Å². The summed E-state index contributed by atoms with van der Waals surface area (Å²) in [5.41, 5.74) is 3.00. The first kappa shape index (κ1) is 27.1. The molecule has 0 aliphatic heterocycles. The first-order valence-corrected chi connectivity index (χ1v) is 14.9. The first-order chi connectivity index (χ1) is 17.5. The molecule has 1 aromatic heterocycles. The second kappa shape index (κ2) is 10.8. The monoisotopic (exact) mass is 590 g/mol. The Hall–Kier alpha value is -2.92. The molecular formula is C26H31BrN4O5S. The quantitative estimate of drug-likeness (QED) is 0.347. The lowest BCUT2D eigenvalue weighted by atomic mass is 10.0. The number of ether oxygens (including phenoxy) is 1. The number of amides is 1. The van der Waals surface area contributed by atoms with Gasteiger partial charge in [0.2, 0.25) is 10.0 Å². The molecule has 1 heterocycles. The van der Waals surface area contributed by atoms with Crippen LogP contribution in [0.4, 0.5) is 5.69 Å². The Kier molecular flexibility index (Phi) is 7.94. The van der Waals surface area contributed by atoms with Gasteiger partial charge in [-0.25, -0.2) is 13.1 Å². The van der Waals surface area contributed by atoms with E-state index in [1.807, 2.05) is 30.3 Å². The number of fused-ring (bicyclic) bond motifs is 1. The highest BCUT2D eigenvalue weighted by Gasteiger charge is 2.32. The van der Waals surface area contributed by atoms with Gasteiger partial charge < -0.3 is 10.1 Å². The highest BCUT2D eigenvalue weighted by atomic mass is 79.9. The number of benzene rings is 2. The summed E-state index contributed by atoms with van der Waals surface area (Å²) in [6.07, 6.45) is 3.25. The maximum absolute atomic E-state index is 13.0. The van der Waals surface area contributed by atoms with E-state index in [1.165, 1.54) is 4.31 Å². The van der Waals surface area contributed by atoms with E-state index in [2.05, 4.69) is 21.2 Å². The molecule has 37 heavy (non-hydrogen) atoms. The molecule has 4 rings (SSSR count). The Bertz CT molecular complexity index is 1430. The molecule has 1 fully saturated rings. The first-order valence-electron chi connectivity index (χ1n) is 12.2. The van der Waals surface area contributed by atoms with Crippen LogP contribution >= 0.6 is 15.9 Å². The fourth-order valence-electron chi connectivity index (χ4n) is 4.34. The van der Waals surface area contributed by atoms with E-state index < -0.39 is 10.0 Å². The van der Waals surface area contributed by atoms with Gasteiger partial charge in [0.25, 0.3) is 5.91 Å². The van der Waals surface area contributed by atoms with E-state index in [1.54, 1.807) is 31.6 Å². The Balaban J connectivity index is 1.81. The predicted octanol–water partition coefficient (Wildman–Crippen LogP) is 4.52. The van der Waals surface area contributed by atoms with Gasteiger partial charge in [-0.05, 0) is 81.0 Å². The van der Waals surface area contributed by atoms with Crippen LogP contribution in [-0.4, -0.2) is 56.0 Å². The van der Waals surface area contributed by atoms with Gasteiger partial charge >= 0.3 is 5.97 Å². The van der Waals surface area contributed by atoms with Gasteiger partial charge in [0.15, 0.2) is 0 Å². The van der Waals surface area contributed by atoms with Gasteiger partial charge in [0.1, 0.15) is 5.69 Å². The summed E-state index contributed by atoms with van der Waals surface area (Å²) in [7, 11) is -2.09. The minimum atomic E-state index is -3.65. The largest absolute Gasteiger partial charge is 0.463 e. The van der Waals surface area contributed by atoms with Gasteiger partial charge in [-0.2, -0.15) is 5.10 Å². The number of carbonyl (C=O) groups is 2. The molecule has 9 nitrogen and oxygen atoms in total. The zero-order chi connectivity index (χ0) is 26.9. The number of carbonyl (C=O) groups excluding carboxylic acids is 2. The van der Waals surface area contributed by atoms with Gasteiger partial charge in [-0.15, -0.1) is 0 Å². The summed E-state index contributed by atoms with van der Waals surface area (Å²) in [5, 5.41) is 8.07. The molecule has 1 aliphatic carbocycles. The van der Waals surface area contributed by atoms with E-state index in [0.717, 1.165) is 29.1 Å². The zero-order valence-electron chi connectivity index (χ0n) is 21.3. The number of nitrogens with zero attached hydrogens (tertiary/aromatic N) is 3. The molecule has 0 radical (unpaired) electrons. The van der Waals surface area contributed by atoms with E-state index in [9.17, 15) is 18.0 Å². The number of anilines is 1. The number of nitrogens with one attached hydrogen (secondary N) is 1. The van der Waals surface area contributed by atoms with Gasteiger partial charge in [-0.3, -0.25) is 13.9 Å². The van der Waals surface area contributed by atoms with E-state index in [-0.39, 0.29) is 36.9 Å². The molecule has 1 saturated carbocycles. The summed E-state index contributed by atoms with van der Waals surface area (Å²) >= 11 is 3.43. The van der Waals surface area contributed by atoms with E-state index in [4.69, 9.17) is 9.84 Å². The summed E-state index contributed by atoms with van der Waals surface area (Å²) in [5.74, 6) is -0.448. The zero-order valence-corrected chi connectivity index (χ0v) is 23.7. The highest BCUT2D eigenvalue weighted by molar-refractivity contribution is 9.10. The number of halogens is 1. The minimum absolute atomic E-state index is 0.115. The second-order valence-corrected chi connectivity index (χ2v) is 12.3. The summed E-state index contributed by atoms with van der Waals surface area (Å²) < 4.78 is 34.8. The summed E-state index contributed by atoms with van der Waals surface area (Å²) in [6.45, 7) is 3.68. The van der Waals surface area contributed by atoms with Gasteiger partial charge in [-0.1, -0.05) is 15.9 Å². The van der Waals surface area contributed by atoms with Crippen LogP contribution in [0.5, 0.6) is 0 Å². The number of hydrogen-bond donors (Lipinski definition) is 1. The molecule has 1 N–H and O–H groups in total. The molecule has 11 heteroatoms. The smallest absolute Gasteiger partial charge is 0.306 e. The molecule has 198 valence electrons. The van der Waals surface area contributed by atoms with Crippen molar-refractivity contribution in [1.82, 2.24) is 15.1 Å². The normalized spacial score (nSPS) is 13.7. The van der Waals surface area contributed by atoms with Crippen molar-refractivity contribution in [2.75, 3.05) is 24.2 Å². The van der Waals surface area contributed by atoms with Gasteiger partial charge in [0, 0.05) is 29.9 Å². The fourth-order valence-corrected chi connectivity index (χ4v) is 5.58. The molecule has 0 atom stereocenters. The standard InChI is InChI=1S/C26H31BrN4O5S/c1-16(2)36-24(32)6-5-13-30(37(4,34)35)23-15-22-21(14-20(23)17-7-8-17)25(26(33)28-3)31(29-22)19-11-9-18(27)10-12-19/h9-12,14-17H,5-8,13H2,1-4H3,(H,28,33). The number of aromatic nitrogens is 2. The topological polar surface area (TPSA) is 111 Å². The van der Waals surface area contributed by atoms with Crippen molar-refractivity contribution >= 4 is 54.4 Å². The van der Waals surface area contributed by atoms with Crippen LogP contribution in [-0.2, 0) is 19.6 Å². The Labute approximate surface area is 225 Å².